The van der Waals surface area contributed by atoms with Crippen LogP contribution in [0.4, 0.5) is 9.80 Å². The zero-order valence-corrected chi connectivity index (χ0v) is 16.0. The number of amides is 2. The van der Waals surface area contributed by atoms with Crippen molar-refractivity contribution >= 4 is 33.7 Å². The molecule has 2 amide bonds. The van der Waals surface area contributed by atoms with E-state index in [0.717, 1.165) is 24.5 Å². The lowest BCUT2D eigenvalue weighted by molar-refractivity contribution is 0.176. The molecule has 0 bridgehead atoms. The van der Waals surface area contributed by atoms with Gasteiger partial charge in [-0.05, 0) is 57.5 Å². The standard InChI is InChI=1S/C20H21N3OS2/c24-20(22-19-6-3-10-26-19)21-12-18(17-8-11-25-14-17)23-9-7-15-4-1-2-5-16(15)13-23/h1-6,8,10-11,14,18H,7,9,12-13H2,(H2,21,22,24)/t18-/m0/s1. The SMILES string of the molecule is O=C(NC[C@@H](c1ccsc1)N1CCc2ccccc2C1)Nc1cccs1. The second-order valence-electron chi connectivity index (χ2n) is 6.37. The normalized spacial score (nSPS) is 15.2. The van der Waals surface area contributed by atoms with Gasteiger partial charge in [-0.1, -0.05) is 24.3 Å². The number of carbonyl (C=O) groups is 1. The van der Waals surface area contributed by atoms with Gasteiger partial charge in [-0.3, -0.25) is 10.2 Å². The van der Waals surface area contributed by atoms with E-state index in [0.29, 0.717) is 6.54 Å². The highest BCUT2D eigenvalue weighted by Gasteiger charge is 2.25. The average molecular weight is 384 g/mol. The Balaban J connectivity index is 1.45. The lowest BCUT2D eigenvalue weighted by Gasteiger charge is -2.35. The Hall–Kier alpha value is -2.15. The van der Waals surface area contributed by atoms with E-state index in [2.05, 4.69) is 56.6 Å². The molecule has 1 atom stereocenters. The highest BCUT2D eigenvalue weighted by atomic mass is 32.1. The second-order valence-corrected chi connectivity index (χ2v) is 8.10. The van der Waals surface area contributed by atoms with Gasteiger partial charge in [0.2, 0.25) is 0 Å². The monoisotopic (exact) mass is 383 g/mol. The van der Waals surface area contributed by atoms with Gasteiger partial charge in [0.15, 0.2) is 0 Å². The molecule has 0 saturated carbocycles. The molecule has 4 rings (SSSR count). The third-order valence-corrected chi connectivity index (χ3v) is 6.23. The van der Waals surface area contributed by atoms with Crippen molar-refractivity contribution < 1.29 is 4.79 Å². The third-order valence-electron chi connectivity index (χ3n) is 4.74. The number of hydrogen-bond acceptors (Lipinski definition) is 4. The molecule has 0 spiro atoms. The van der Waals surface area contributed by atoms with Gasteiger partial charge in [0.05, 0.1) is 11.0 Å². The van der Waals surface area contributed by atoms with Crippen LogP contribution in [0.2, 0.25) is 0 Å². The van der Waals surface area contributed by atoms with Gasteiger partial charge in [-0.15, -0.1) is 11.3 Å². The molecule has 3 aromatic rings. The molecule has 4 nitrogen and oxygen atoms in total. The maximum absolute atomic E-state index is 12.2. The van der Waals surface area contributed by atoms with E-state index < -0.39 is 0 Å². The van der Waals surface area contributed by atoms with Crippen molar-refractivity contribution in [3.8, 4) is 0 Å². The Morgan fingerprint density at radius 2 is 2.00 bits per heavy atom. The smallest absolute Gasteiger partial charge is 0.319 e. The van der Waals surface area contributed by atoms with Crippen LogP contribution in [-0.2, 0) is 13.0 Å². The Morgan fingerprint density at radius 3 is 2.77 bits per heavy atom. The van der Waals surface area contributed by atoms with Crippen molar-refractivity contribution in [1.29, 1.82) is 0 Å². The number of fused-ring (bicyclic) bond motifs is 1. The minimum absolute atomic E-state index is 0.148. The Bertz CT molecular complexity index is 846. The molecule has 0 aliphatic carbocycles. The van der Waals surface area contributed by atoms with E-state index in [-0.39, 0.29) is 12.1 Å². The number of rotatable bonds is 5. The summed E-state index contributed by atoms with van der Waals surface area (Å²) in [6, 6.07) is 14.7. The number of nitrogens with one attached hydrogen (secondary N) is 2. The summed E-state index contributed by atoms with van der Waals surface area (Å²) >= 11 is 3.23. The highest BCUT2D eigenvalue weighted by molar-refractivity contribution is 7.14. The summed E-state index contributed by atoms with van der Waals surface area (Å²) in [5.41, 5.74) is 4.10. The van der Waals surface area contributed by atoms with Crippen LogP contribution < -0.4 is 10.6 Å². The fourth-order valence-electron chi connectivity index (χ4n) is 3.40. The minimum atomic E-state index is -0.148. The first-order valence-corrected chi connectivity index (χ1v) is 10.5. The number of thiophene rings is 2. The molecule has 1 aliphatic rings. The number of nitrogens with zero attached hydrogens (tertiary/aromatic N) is 1. The van der Waals surface area contributed by atoms with Crippen molar-refractivity contribution in [3.63, 3.8) is 0 Å². The lowest BCUT2D eigenvalue weighted by atomic mass is 9.97. The van der Waals surface area contributed by atoms with Crippen LogP contribution in [0.25, 0.3) is 0 Å². The van der Waals surface area contributed by atoms with Gasteiger partial charge in [-0.2, -0.15) is 11.3 Å². The fourth-order valence-corrected chi connectivity index (χ4v) is 4.72. The van der Waals surface area contributed by atoms with Crippen LogP contribution >= 0.6 is 22.7 Å². The van der Waals surface area contributed by atoms with Gasteiger partial charge in [0.25, 0.3) is 0 Å². The molecule has 0 fully saturated rings. The van der Waals surface area contributed by atoms with Gasteiger partial charge >= 0.3 is 6.03 Å². The van der Waals surface area contributed by atoms with Crippen LogP contribution in [-0.4, -0.2) is 24.0 Å². The summed E-state index contributed by atoms with van der Waals surface area (Å²) in [6.45, 7) is 2.52. The predicted octanol–water partition coefficient (Wildman–Crippen LogP) is 4.73. The summed E-state index contributed by atoms with van der Waals surface area (Å²) in [4.78, 5) is 14.7. The molecule has 0 unspecified atom stereocenters. The fraction of sp³-hybridized carbons (Fsp3) is 0.250. The number of anilines is 1. The number of urea groups is 1. The Labute approximate surface area is 161 Å². The summed E-state index contributed by atoms with van der Waals surface area (Å²) in [7, 11) is 0. The molecule has 134 valence electrons. The molecular weight excluding hydrogens is 362 g/mol. The van der Waals surface area contributed by atoms with Crippen molar-refractivity contribution in [3.05, 3.63) is 75.3 Å². The Morgan fingerprint density at radius 1 is 1.12 bits per heavy atom. The van der Waals surface area contributed by atoms with E-state index in [9.17, 15) is 4.79 Å². The first kappa shape index (κ1) is 17.3. The zero-order chi connectivity index (χ0) is 17.8. The van der Waals surface area contributed by atoms with E-state index >= 15 is 0 Å². The number of benzene rings is 1. The van der Waals surface area contributed by atoms with Crippen molar-refractivity contribution in [2.24, 2.45) is 0 Å². The van der Waals surface area contributed by atoms with E-state index in [1.165, 1.54) is 28.0 Å². The molecule has 1 aromatic carbocycles. The summed E-state index contributed by atoms with van der Waals surface area (Å²) < 4.78 is 0. The van der Waals surface area contributed by atoms with E-state index in [1.54, 1.807) is 11.3 Å². The molecule has 3 heterocycles. The number of carbonyl (C=O) groups excluding carboxylic acids is 1. The molecule has 2 aromatic heterocycles. The molecular formula is C20H21N3OS2. The van der Waals surface area contributed by atoms with Crippen molar-refractivity contribution in [2.75, 3.05) is 18.4 Å². The molecule has 1 aliphatic heterocycles. The molecule has 2 N–H and O–H groups in total. The largest absolute Gasteiger partial charge is 0.336 e. The summed E-state index contributed by atoms with van der Waals surface area (Å²) in [5.74, 6) is 0. The van der Waals surface area contributed by atoms with Crippen molar-refractivity contribution in [2.45, 2.75) is 19.0 Å². The second kappa shape index (κ2) is 8.03. The quantitative estimate of drug-likeness (QED) is 0.669. The van der Waals surface area contributed by atoms with E-state index in [4.69, 9.17) is 0 Å². The van der Waals surface area contributed by atoms with Crippen LogP contribution in [0.5, 0.6) is 0 Å². The Kier molecular flexibility index (Phi) is 5.34. The summed E-state index contributed by atoms with van der Waals surface area (Å²) in [5, 5.41) is 13.0. The summed E-state index contributed by atoms with van der Waals surface area (Å²) in [6.07, 6.45) is 1.05. The first-order chi connectivity index (χ1) is 12.8. The van der Waals surface area contributed by atoms with Gasteiger partial charge in [0, 0.05) is 19.6 Å². The average Bonchev–Trinajstić information content (AvgIpc) is 3.36. The molecule has 26 heavy (non-hydrogen) atoms. The van der Waals surface area contributed by atoms with Crippen LogP contribution in [0, 0.1) is 0 Å². The van der Waals surface area contributed by atoms with Crippen LogP contribution in [0.15, 0.2) is 58.6 Å². The van der Waals surface area contributed by atoms with Gasteiger partial charge in [0.1, 0.15) is 0 Å². The lowest BCUT2D eigenvalue weighted by Crippen LogP contribution is -2.41. The molecule has 0 saturated heterocycles. The highest BCUT2D eigenvalue weighted by Crippen LogP contribution is 2.28. The van der Waals surface area contributed by atoms with Crippen molar-refractivity contribution in [1.82, 2.24) is 10.2 Å². The van der Waals surface area contributed by atoms with Gasteiger partial charge in [-0.25, -0.2) is 4.79 Å². The maximum atomic E-state index is 12.2. The van der Waals surface area contributed by atoms with Crippen LogP contribution in [0.3, 0.4) is 0 Å². The first-order valence-electron chi connectivity index (χ1n) is 8.71. The maximum Gasteiger partial charge on any atom is 0.319 e. The van der Waals surface area contributed by atoms with Gasteiger partial charge < -0.3 is 5.32 Å². The minimum Gasteiger partial charge on any atom is -0.336 e. The predicted molar refractivity (Wildman–Crippen MR) is 109 cm³/mol. The van der Waals surface area contributed by atoms with Crippen LogP contribution in [0.1, 0.15) is 22.7 Å². The zero-order valence-electron chi connectivity index (χ0n) is 14.4. The number of hydrogen-bond donors (Lipinski definition) is 2. The van der Waals surface area contributed by atoms with E-state index in [1.807, 2.05) is 17.5 Å². The molecule has 6 heteroatoms. The third kappa shape index (κ3) is 3.98. The molecule has 0 radical (unpaired) electrons. The topological polar surface area (TPSA) is 44.4 Å².